The average Bonchev–Trinajstić information content (AvgIpc) is 3.02. The molecule has 2 aromatic carbocycles. The highest BCUT2D eigenvalue weighted by Gasteiger charge is 2.34. The van der Waals surface area contributed by atoms with E-state index in [0.29, 0.717) is 30.9 Å². The molecule has 1 atom stereocenters. The summed E-state index contributed by atoms with van der Waals surface area (Å²) < 4.78 is 18.1. The van der Waals surface area contributed by atoms with Gasteiger partial charge in [-0.3, -0.25) is 9.59 Å². The van der Waals surface area contributed by atoms with Crippen molar-refractivity contribution in [3.8, 4) is 5.75 Å². The Labute approximate surface area is 151 Å². The molecule has 1 saturated heterocycles. The quantitative estimate of drug-likeness (QED) is 0.866. The molecule has 0 spiro atoms. The lowest BCUT2D eigenvalue weighted by Crippen LogP contribution is -2.30. The minimum absolute atomic E-state index is 0.0297. The summed E-state index contributed by atoms with van der Waals surface area (Å²) in [5.74, 6) is -0.192. The van der Waals surface area contributed by atoms with Crippen LogP contribution in [0.1, 0.15) is 12.0 Å². The Hall–Kier alpha value is -2.89. The van der Waals surface area contributed by atoms with Crippen molar-refractivity contribution in [3.05, 3.63) is 59.9 Å². The second-order valence-corrected chi connectivity index (χ2v) is 6.34. The largest absolute Gasteiger partial charge is 0.497 e. The zero-order chi connectivity index (χ0) is 18.5. The van der Waals surface area contributed by atoms with Crippen molar-refractivity contribution in [1.82, 2.24) is 4.90 Å². The minimum Gasteiger partial charge on any atom is -0.497 e. The minimum atomic E-state index is -0.373. The van der Waals surface area contributed by atoms with Gasteiger partial charge in [0.05, 0.1) is 13.0 Å². The number of methoxy groups -OCH3 is 1. The van der Waals surface area contributed by atoms with E-state index in [4.69, 9.17) is 4.74 Å². The summed E-state index contributed by atoms with van der Waals surface area (Å²) in [7, 11) is 1.57. The van der Waals surface area contributed by atoms with Gasteiger partial charge in [-0.15, -0.1) is 0 Å². The summed E-state index contributed by atoms with van der Waals surface area (Å²) in [5, 5.41) is 2.84. The molecule has 0 aromatic heterocycles. The van der Waals surface area contributed by atoms with Gasteiger partial charge < -0.3 is 15.0 Å². The fraction of sp³-hybridized carbons (Fsp3) is 0.300. The van der Waals surface area contributed by atoms with Gasteiger partial charge >= 0.3 is 0 Å². The summed E-state index contributed by atoms with van der Waals surface area (Å²) in [6.07, 6.45) is 0.843. The van der Waals surface area contributed by atoms with E-state index in [0.717, 1.165) is 5.56 Å². The summed E-state index contributed by atoms with van der Waals surface area (Å²) in [6.45, 7) is 0.920. The number of halogens is 1. The summed E-state index contributed by atoms with van der Waals surface area (Å²) in [6, 6.07) is 13.3. The first-order chi connectivity index (χ1) is 12.5. The maximum Gasteiger partial charge on any atom is 0.229 e. The molecule has 0 radical (unpaired) electrons. The van der Waals surface area contributed by atoms with Crippen molar-refractivity contribution in [1.29, 1.82) is 0 Å². The van der Waals surface area contributed by atoms with Crippen molar-refractivity contribution in [2.45, 2.75) is 12.8 Å². The number of benzene rings is 2. The molecular formula is C20H21FN2O3. The fourth-order valence-electron chi connectivity index (χ4n) is 3.02. The van der Waals surface area contributed by atoms with Crippen LogP contribution >= 0.6 is 0 Å². The monoisotopic (exact) mass is 356 g/mol. The van der Waals surface area contributed by atoms with Crippen LogP contribution in [0.5, 0.6) is 5.75 Å². The van der Waals surface area contributed by atoms with Crippen LogP contribution in [-0.4, -0.2) is 36.9 Å². The highest BCUT2D eigenvalue weighted by molar-refractivity contribution is 5.97. The Morgan fingerprint density at radius 1 is 1.27 bits per heavy atom. The van der Waals surface area contributed by atoms with E-state index >= 15 is 0 Å². The van der Waals surface area contributed by atoms with Gasteiger partial charge in [0, 0.05) is 31.3 Å². The number of anilines is 1. The van der Waals surface area contributed by atoms with Crippen molar-refractivity contribution in [2.24, 2.45) is 5.92 Å². The van der Waals surface area contributed by atoms with E-state index in [2.05, 4.69) is 5.32 Å². The molecule has 1 aliphatic rings. The summed E-state index contributed by atoms with van der Waals surface area (Å²) in [4.78, 5) is 26.3. The molecule has 6 heteroatoms. The number of ether oxygens (including phenoxy) is 1. The number of amides is 2. The third-order valence-corrected chi connectivity index (χ3v) is 4.51. The number of carbonyl (C=O) groups is 2. The highest BCUT2D eigenvalue weighted by Crippen LogP contribution is 2.22. The molecule has 1 fully saturated rings. The molecule has 1 aliphatic heterocycles. The molecular weight excluding hydrogens is 335 g/mol. The van der Waals surface area contributed by atoms with Crippen LogP contribution in [0.4, 0.5) is 10.1 Å². The van der Waals surface area contributed by atoms with E-state index in [9.17, 15) is 14.0 Å². The predicted molar refractivity (Wildman–Crippen MR) is 96.4 cm³/mol. The van der Waals surface area contributed by atoms with Crippen LogP contribution in [0.25, 0.3) is 0 Å². The molecule has 26 heavy (non-hydrogen) atoms. The van der Waals surface area contributed by atoms with Gasteiger partial charge in [-0.2, -0.15) is 0 Å². The second-order valence-electron chi connectivity index (χ2n) is 6.34. The standard InChI is InChI=1S/C20H21FN2O3/c1-26-18-4-2-3-17(12-18)22-20(25)15-11-19(24)23(13-15)10-9-14-5-7-16(21)8-6-14/h2-8,12,15H,9-11,13H2,1H3,(H,22,25). The van der Waals surface area contributed by atoms with Gasteiger partial charge in [0.25, 0.3) is 0 Å². The van der Waals surface area contributed by atoms with Crippen LogP contribution < -0.4 is 10.1 Å². The van der Waals surface area contributed by atoms with Gasteiger partial charge in [0.1, 0.15) is 11.6 Å². The number of rotatable bonds is 6. The van der Waals surface area contributed by atoms with Gasteiger partial charge in [-0.05, 0) is 36.2 Å². The summed E-state index contributed by atoms with van der Waals surface area (Å²) >= 11 is 0. The van der Waals surface area contributed by atoms with Crippen LogP contribution in [0, 0.1) is 11.7 Å². The molecule has 0 bridgehead atoms. The first-order valence-corrected chi connectivity index (χ1v) is 8.52. The number of carbonyl (C=O) groups excluding carboxylic acids is 2. The molecule has 1 unspecified atom stereocenters. The van der Waals surface area contributed by atoms with Crippen LogP contribution in [0.2, 0.25) is 0 Å². The first-order valence-electron chi connectivity index (χ1n) is 8.52. The topological polar surface area (TPSA) is 58.6 Å². The number of nitrogens with one attached hydrogen (secondary N) is 1. The molecule has 0 aliphatic carbocycles. The van der Waals surface area contributed by atoms with Crippen LogP contribution in [-0.2, 0) is 16.0 Å². The van der Waals surface area contributed by atoms with Gasteiger partial charge in [-0.25, -0.2) is 4.39 Å². The zero-order valence-electron chi connectivity index (χ0n) is 14.6. The zero-order valence-corrected chi connectivity index (χ0v) is 14.6. The van der Waals surface area contributed by atoms with E-state index in [1.54, 1.807) is 48.4 Å². The lowest BCUT2D eigenvalue weighted by Gasteiger charge is -2.16. The van der Waals surface area contributed by atoms with E-state index in [1.165, 1.54) is 12.1 Å². The van der Waals surface area contributed by atoms with E-state index in [-0.39, 0.29) is 30.0 Å². The maximum absolute atomic E-state index is 12.9. The Balaban J connectivity index is 1.54. The van der Waals surface area contributed by atoms with Crippen molar-refractivity contribution >= 4 is 17.5 Å². The molecule has 0 saturated carbocycles. The molecule has 136 valence electrons. The van der Waals surface area contributed by atoms with Gasteiger partial charge in [0.15, 0.2) is 0 Å². The Morgan fingerprint density at radius 2 is 2.04 bits per heavy atom. The Bertz CT molecular complexity index is 792. The Morgan fingerprint density at radius 3 is 2.77 bits per heavy atom. The molecule has 5 nitrogen and oxygen atoms in total. The lowest BCUT2D eigenvalue weighted by molar-refractivity contribution is -0.128. The average molecular weight is 356 g/mol. The van der Waals surface area contributed by atoms with E-state index in [1.807, 2.05) is 0 Å². The normalized spacial score (nSPS) is 16.6. The van der Waals surface area contributed by atoms with Crippen LogP contribution in [0.3, 0.4) is 0 Å². The van der Waals surface area contributed by atoms with Crippen LogP contribution in [0.15, 0.2) is 48.5 Å². The van der Waals surface area contributed by atoms with Crippen molar-refractivity contribution < 1.29 is 18.7 Å². The number of nitrogens with zero attached hydrogens (tertiary/aromatic N) is 1. The predicted octanol–water partition coefficient (Wildman–Crippen LogP) is 2.86. The Kier molecular flexibility index (Phi) is 5.51. The molecule has 2 aromatic rings. The third-order valence-electron chi connectivity index (χ3n) is 4.51. The molecule has 2 amide bonds. The van der Waals surface area contributed by atoms with Crippen molar-refractivity contribution in [3.63, 3.8) is 0 Å². The number of hydrogen-bond acceptors (Lipinski definition) is 3. The fourth-order valence-corrected chi connectivity index (χ4v) is 3.02. The smallest absolute Gasteiger partial charge is 0.229 e. The third kappa shape index (κ3) is 4.39. The number of likely N-dealkylation sites (tertiary alicyclic amines) is 1. The molecule has 1 heterocycles. The second kappa shape index (κ2) is 7.99. The highest BCUT2D eigenvalue weighted by atomic mass is 19.1. The number of hydrogen-bond donors (Lipinski definition) is 1. The molecule has 1 N–H and O–H groups in total. The summed E-state index contributed by atoms with van der Waals surface area (Å²) in [5.41, 5.74) is 1.61. The van der Waals surface area contributed by atoms with Crippen molar-refractivity contribution in [2.75, 3.05) is 25.5 Å². The van der Waals surface area contributed by atoms with Gasteiger partial charge in [0.2, 0.25) is 11.8 Å². The van der Waals surface area contributed by atoms with E-state index < -0.39 is 0 Å². The van der Waals surface area contributed by atoms with Gasteiger partial charge in [-0.1, -0.05) is 18.2 Å². The molecule has 3 rings (SSSR count). The first kappa shape index (κ1) is 17.9. The lowest BCUT2D eigenvalue weighted by atomic mass is 10.1. The maximum atomic E-state index is 12.9. The SMILES string of the molecule is COc1cccc(NC(=O)C2CC(=O)N(CCc3ccc(F)cc3)C2)c1.